The molecule has 0 atom stereocenters. The summed E-state index contributed by atoms with van der Waals surface area (Å²) < 4.78 is 0.141. The first-order valence-electron chi connectivity index (χ1n) is 2.44. The van der Waals surface area contributed by atoms with Crippen LogP contribution in [0.2, 0.25) is 0 Å². The second kappa shape index (κ2) is 7.96. The van der Waals surface area contributed by atoms with Crippen LogP contribution >= 0.6 is 46.4 Å². The van der Waals surface area contributed by atoms with E-state index in [2.05, 4.69) is 0 Å². The van der Waals surface area contributed by atoms with E-state index in [0.29, 0.717) is 17.3 Å². The van der Waals surface area contributed by atoms with Crippen molar-refractivity contribution < 1.29 is 0 Å². The van der Waals surface area contributed by atoms with E-state index in [-0.39, 0.29) is 10.6 Å². The molecule has 0 aromatic carbocycles. The molecule has 0 saturated heterocycles. The molecule has 0 spiro atoms. The summed E-state index contributed by atoms with van der Waals surface area (Å²) in [6.07, 6.45) is 1.47. The third-order valence-corrected chi connectivity index (χ3v) is 2.03. The van der Waals surface area contributed by atoms with Crippen LogP contribution in [0.15, 0.2) is 9.52 Å². The van der Waals surface area contributed by atoms with Gasteiger partial charge < -0.3 is 6.15 Å². The van der Waals surface area contributed by atoms with Crippen molar-refractivity contribution in [2.75, 3.05) is 5.88 Å². The quantitative estimate of drug-likeness (QED) is 0.697. The van der Waals surface area contributed by atoms with E-state index in [1.54, 1.807) is 0 Å². The van der Waals surface area contributed by atoms with E-state index in [1.165, 1.54) is 0 Å². The maximum atomic E-state index is 5.55. The van der Waals surface area contributed by atoms with Crippen molar-refractivity contribution >= 4 is 46.4 Å². The van der Waals surface area contributed by atoms with E-state index >= 15 is 0 Å². The number of allylic oxidation sites excluding steroid dienone is 1. The Kier molecular flexibility index (Phi) is 10.7. The van der Waals surface area contributed by atoms with Crippen molar-refractivity contribution in [2.24, 2.45) is 0 Å². The van der Waals surface area contributed by atoms with E-state index < -0.39 is 0 Å². The molecule has 0 aliphatic rings. The van der Waals surface area contributed by atoms with Crippen LogP contribution in [0.1, 0.15) is 12.8 Å². The largest absolute Gasteiger partial charge is 0.369 e. The van der Waals surface area contributed by atoms with Gasteiger partial charge in [0, 0.05) is 10.9 Å². The maximum Gasteiger partial charge on any atom is 0.121 e. The molecule has 0 amide bonds. The summed E-state index contributed by atoms with van der Waals surface area (Å²) in [4.78, 5) is 0. The van der Waals surface area contributed by atoms with Gasteiger partial charge in [-0.2, -0.15) is 0 Å². The molecule has 0 bridgehead atoms. The summed E-state index contributed by atoms with van der Waals surface area (Å²) in [5.41, 5.74) is 0. The van der Waals surface area contributed by atoms with Gasteiger partial charge in [-0.25, -0.2) is 0 Å². The van der Waals surface area contributed by atoms with Crippen molar-refractivity contribution in [2.45, 2.75) is 12.8 Å². The molecule has 0 aromatic heterocycles. The van der Waals surface area contributed by atoms with Crippen LogP contribution in [0.5, 0.6) is 0 Å². The maximum absolute atomic E-state index is 5.55. The molecule has 4 N–H and O–H groups in total. The van der Waals surface area contributed by atoms with Gasteiger partial charge in [-0.1, -0.05) is 34.8 Å². The molecular formula is C5H10Cl4N+. The van der Waals surface area contributed by atoms with Crippen molar-refractivity contribution in [1.82, 2.24) is 6.15 Å². The van der Waals surface area contributed by atoms with Gasteiger partial charge >= 0.3 is 0 Å². The standard InChI is InChI=1S/C5H6Cl4.H3N/c6-3-1-2-4(7)5(8)9;/h1-3H2;1H3/p+1. The Morgan fingerprint density at radius 3 is 1.90 bits per heavy atom. The first-order chi connectivity index (χ1) is 4.18. The molecule has 0 rings (SSSR count). The van der Waals surface area contributed by atoms with E-state index in [1.807, 2.05) is 0 Å². The second-order valence-corrected chi connectivity index (χ2v) is 3.24. The van der Waals surface area contributed by atoms with Crippen LogP contribution in [-0.2, 0) is 0 Å². The van der Waals surface area contributed by atoms with E-state index in [0.717, 1.165) is 6.42 Å². The highest BCUT2D eigenvalue weighted by atomic mass is 35.5. The molecule has 0 radical (unpaired) electrons. The lowest BCUT2D eigenvalue weighted by molar-refractivity contribution is 0.952. The minimum atomic E-state index is 0. The Morgan fingerprint density at radius 2 is 1.60 bits per heavy atom. The minimum Gasteiger partial charge on any atom is -0.369 e. The number of alkyl halides is 1. The van der Waals surface area contributed by atoms with Gasteiger partial charge in [0.15, 0.2) is 0 Å². The summed E-state index contributed by atoms with van der Waals surface area (Å²) in [5.74, 6) is 0.581. The molecule has 0 aliphatic heterocycles. The van der Waals surface area contributed by atoms with E-state index in [4.69, 9.17) is 46.4 Å². The average molecular weight is 226 g/mol. The van der Waals surface area contributed by atoms with Crippen LogP contribution in [-0.4, -0.2) is 5.88 Å². The third kappa shape index (κ3) is 6.97. The Hall–Kier alpha value is 0.860. The Labute approximate surface area is 80.9 Å². The lowest BCUT2D eigenvalue weighted by Gasteiger charge is -1.93. The average Bonchev–Trinajstić information content (AvgIpc) is 1.82. The summed E-state index contributed by atoms with van der Waals surface area (Å²) >= 11 is 21.6. The predicted octanol–water partition coefficient (Wildman–Crippen LogP) is 4.27. The zero-order chi connectivity index (χ0) is 7.28. The van der Waals surface area contributed by atoms with Crippen LogP contribution in [0.3, 0.4) is 0 Å². The highest BCUT2D eigenvalue weighted by Gasteiger charge is 1.96. The SMILES string of the molecule is ClCCCC(Cl)=C(Cl)Cl.[NH4+]. The van der Waals surface area contributed by atoms with Gasteiger partial charge in [0.05, 0.1) is 0 Å². The monoisotopic (exact) mass is 224 g/mol. The fraction of sp³-hybridized carbons (Fsp3) is 0.600. The fourth-order valence-corrected chi connectivity index (χ4v) is 0.773. The molecule has 10 heavy (non-hydrogen) atoms. The predicted molar refractivity (Wildman–Crippen MR) is 50.5 cm³/mol. The van der Waals surface area contributed by atoms with Gasteiger partial charge in [-0.3, -0.25) is 0 Å². The van der Waals surface area contributed by atoms with Crippen LogP contribution in [0.4, 0.5) is 0 Å². The van der Waals surface area contributed by atoms with Gasteiger partial charge in [0.1, 0.15) is 4.49 Å². The zero-order valence-electron chi connectivity index (χ0n) is 5.63. The van der Waals surface area contributed by atoms with Crippen molar-refractivity contribution in [3.63, 3.8) is 0 Å². The lowest BCUT2D eigenvalue weighted by Crippen LogP contribution is -1.76. The minimum absolute atomic E-state index is 0. The summed E-state index contributed by atoms with van der Waals surface area (Å²) in [7, 11) is 0. The first kappa shape index (κ1) is 13.4. The summed E-state index contributed by atoms with van der Waals surface area (Å²) in [6.45, 7) is 0. The van der Waals surface area contributed by atoms with Gasteiger partial charge in [-0.15, -0.1) is 11.6 Å². The smallest absolute Gasteiger partial charge is 0.121 e. The van der Waals surface area contributed by atoms with Gasteiger partial charge in [0.25, 0.3) is 0 Å². The van der Waals surface area contributed by atoms with Crippen LogP contribution < -0.4 is 6.15 Å². The normalized spacial score (nSPS) is 8.40. The molecule has 0 aliphatic carbocycles. The molecule has 1 nitrogen and oxygen atoms in total. The Bertz CT molecular complexity index is 108. The number of hydrogen-bond acceptors (Lipinski definition) is 0. The topological polar surface area (TPSA) is 36.5 Å². The van der Waals surface area contributed by atoms with Crippen LogP contribution in [0.25, 0.3) is 0 Å². The number of rotatable bonds is 3. The molecule has 0 aromatic rings. The highest BCUT2D eigenvalue weighted by Crippen LogP contribution is 2.21. The lowest BCUT2D eigenvalue weighted by atomic mass is 10.3. The van der Waals surface area contributed by atoms with Gasteiger partial charge in [0.2, 0.25) is 0 Å². The van der Waals surface area contributed by atoms with Crippen molar-refractivity contribution in [1.29, 1.82) is 0 Å². The molecule has 0 heterocycles. The molecular weight excluding hydrogens is 216 g/mol. The Morgan fingerprint density at radius 1 is 1.10 bits per heavy atom. The molecule has 5 heteroatoms. The number of hydrogen-bond donors (Lipinski definition) is 1. The first-order valence-corrected chi connectivity index (χ1v) is 4.11. The summed E-state index contributed by atoms with van der Waals surface area (Å²) in [6, 6.07) is 0. The highest BCUT2D eigenvalue weighted by molar-refractivity contribution is 6.59. The van der Waals surface area contributed by atoms with Crippen LogP contribution in [0, 0.1) is 0 Å². The number of halogens is 4. The molecule has 0 unspecified atom stereocenters. The number of quaternary nitrogens is 1. The summed E-state index contributed by atoms with van der Waals surface area (Å²) in [5, 5.41) is 0.485. The molecule has 0 fully saturated rings. The second-order valence-electron chi connectivity index (χ2n) is 1.46. The fourth-order valence-electron chi connectivity index (χ4n) is 0.317. The molecule has 0 saturated carbocycles. The Balaban J connectivity index is 0. The van der Waals surface area contributed by atoms with Crippen molar-refractivity contribution in [3.8, 4) is 0 Å². The van der Waals surface area contributed by atoms with Crippen molar-refractivity contribution in [3.05, 3.63) is 9.52 Å². The van der Waals surface area contributed by atoms with Gasteiger partial charge in [-0.05, 0) is 12.8 Å². The third-order valence-electron chi connectivity index (χ3n) is 0.735. The zero-order valence-corrected chi connectivity index (χ0v) is 8.66. The van der Waals surface area contributed by atoms with E-state index in [9.17, 15) is 0 Å². The molecule has 62 valence electrons.